The van der Waals surface area contributed by atoms with Gasteiger partial charge < -0.3 is 15.0 Å². The van der Waals surface area contributed by atoms with Crippen molar-refractivity contribution in [2.45, 2.75) is 13.3 Å². The normalized spacial score (nSPS) is 10.1. The van der Waals surface area contributed by atoms with Crippen LogP contribution in [0.2, 0.25) is 0 Å². The smallest absolute Gasteiger partial charge is 0.254 e. The van der Waals surface area contributed by atoms with E-state index in [0.29, 0.717) is 23.9 Å². The van der Waals surface area contributed by atoms with Crippen LogP contribution in [-0.4, -0.2) is 17.0 Å². The number of rotatable bonds is 4. The maximum Gasteiger partial charge on any atom is 0.254 e. The highest BCUT2D eigenvalue weighted by atomic mass is 16.5. The summed E-state index contributed by atoms with van der Waals surface area (Å²) in [7, 11) is 1.85. The maximum atomic E-state index is 11.4. The molecule has 2 rings (SSSR count). The molecule has 1 heterocycles. The second-order valence-electron chi connectivity index (χ2n) is 3.76. The predicted molar refractivity (Wildman–Crippen MR) is 70.3 cm³/mol. The van der Waals surface area contributed by atoms with E-state index in [1.54, 1.807) is 0 Å². The van der Waals surface area contributed by atoms with E-state index in [9.17, 15) is 4.79 Å². The topological polar surface area (TPSA) is 67.0 Å². The lowest BCUT2D eigenvalue weighted by Gasteiger charge is -2.06. The largest absolute Gasteiger partial charge is 0.439 e. The third-order valence-corrected chi connectivity index (χ3v) is 2.47. The number of aryl methyl sites for hydroxylation is 1. The van der Waals surface area contributed by atoms with Gasteiger partial charge >= 0.3 is 0 Å². The van der Waals surface area contributed by atoms with Crippen LogP contribution in [-0.2, 0) is 6.42 Å². The Hall–Kier alpha value is -2.30. The molecule has 2 aromatic rings. The van der Waals surface area contributed by atoms with Gasteiger partial charge in [-0.2, -0.15) is 4.98 Å². The van der Waals surface area contributed by atoms with Gasteiger partial charge in [0, 0.05) is 19.2 Å². The van der Waals surface area contributed by atoms with Gasteiger partial charge in [-0.3, -0.25) is 4.79 Å². The van der Waals surface area contributed by atoms with E-state index < -0.39 is 0 Å². The monoisotopic (exact) mass is 245 g/mol. The number of nitrogens with zero attached hydrogens (tertiary/aromatic N) is 1. The number of ether oxygens (including phenoxy) is 1. The van der Waals surface area contributed by atoms with Crippen molar-refractivity contribution in [2.24, 2.45) is 0 Å². The molecule has 0 spiro atoms. The Morgan fingerprint density at radius 2 is 2.06 bits per heavy atom. The average molecular weight is 245 g/mol. The fourth-order valence-electron chi connectivity index (χ4n) is 1.51. The molecule has 1 aromatic carbocycles. The summed E-state index contributed by atoms with van der Waals surface area (Å²) in [5, 5.41) is 3.02. The molecule has 1 aromatic heterocycles. The van der Waals surface area contributed by atoms with Crippen molar-refractivity contribution in [1.82, 2.24) is 9.97 Å². The Labute approximate surface area is 105 Å². The van der Waals surface area contributed by atoms with Crippen molar-refractivity contribution in [3.8, 4) is 11.6 Å². The first-order valence-electron chi connectivity index (χ1n) is 5.77. The zero-order chi connectivity index (χ0) is 13.0. The molecule has 0 saturated heterocycles. The molecule has 0 aliphatic carbocycles. The van der Waals surface area contributed by atoms with Crippen LogP contribution in [0.15, 0.2) is 35.1 Å². The molecule has 0 aliphatic heterocycles. The highest BCUT2D eigenvalue weighted by molar-refractivity contribution is 5.46. The summed E-state index contributed by atoms with van der Waals surface area (Å²) < 4.78 is 5.54. The van der Waals surface area contributed by atoms with E-state index in [4.69, 9.17) is 4.74 Å². The second kappa shape index (κ2) is 5.35. The highest BCUT2D eigenvalue weighted by Gasteiger charge is 2.02. The van der Waals surface area contributed by atoms with Crippen molar-refractivity contribution < 1.29 is 4.74 Å². The van der Waals surface area contributed by atoms with Crippen molar-refractivity contribution >= 4 is 5.69 Å². The molecule has 5 heteroatoms. The molecule has 0 unspecified atom stereocenters. The quantitative estimate of drug-likeness (QED) is 0.866. The van der Waals surface area contributed by atoms with Gasteiger partial charge in [0.15, 0.2) is 0 Å². The summed E-state index contributed by atoms with van der Waals surface area (Å²) in [5.41, 5.74) is 0.791. The van der Waals surface area contributed by atoms with Crippen LogP contribution in [0.25, 0.3) is 0 Å². The molecule has 0 saturated carbocycles. The molecule has 0 bridgehead atoms. The molecule has 0 fully saturated rings. The van der Waals surface area contributed by atoms with Crippen LogP contribution in [0.5, 0.6) is 11.6 Å². The van der Waals surface area contributed by atoms with Gasteiger partial charge in [0.2, 0.25) is 5.88 Å². The molecule has 18 heavy (non-hydrogen) atoms. The standard InChI is InChI=1S/C13H15N3O2/c1-3-11-15-12(17)8-13(16-11)18-10-6-4-9(14-2)5-7-10/h4-8,14H,3H2,1-2H3,(H,15,16,17). The highest BCUT2D eigenvalue weighted by Crippen LogP contribution is 2.20. The zero-order valence-corrected chi connectivity index (χ0v) is 10.4. The number of anilines is 1. The van der Waals surface area contributed by atoms with Gasteiger partial charge in [0.1, 0.15) is 11.6 Å². The minimum Gasteiger partial charge on any atom is -0.439 e. The lowest BCUT2D eigenvalue weighted by Crippen LogP contribution is -2.10. The summed E-state index contributed by atoms with van der Waals surface area (Å²) in [6.45, 7) is 1.92. The lowest BCUT2D eigenvalue weighted by atomic mass is 10.3. The number of aromatic nitrogens is 2. The minimum atomic E-state index is -0.205. The van der Waals surface area contributed by atoms with E-state index in [2.05, 4.69) is 15.3 Å². The van der Waals surface area contributed by atoms with Gasteiger partial charge in [-0.05, 0) is 24.3 Å². The van der Waals surface area contributed by atoms with Crippen LogP contribution in [0, 0.1) is 0 Å². The van der Waals surface area contributed by atoms with Gasteiger partial charge in [0.25, 0.3) is 5.56 Å². The van der Waals surface area contributed by atoms with Crippen molar-refractivity contribution in [3.63, 3.8) is 0 Å². The molecular weight excluding hydrogens is 230 g/mol. The number of hydrogen-bond donors (Lipinski definition) is 2. The first-order chi connectivity index (χ1) is 8.71. The third kappa shape index (κ3) is 2.88. The number of hydrogen-bond acceptors (Lipinski definition) is 4. The van der Waals surface area contributed by atoms with Gasteiger partial charge in [-0.1, -0.05) is 6.92 Å². The van der Waals surface area contributed by atoms with Crippen LogP contribution in [0.4, 0.5) is 5.69 Å². The fraction of sp³-hybridized carbons (Fsp3) is 0.231. The van der Waals surface area contributed by atoms with Crippen molar-refractivity contribution in [3.05, 3.63) is 46.5 Å². The van der Waals surface area contributed by atoms with E-state index >= 15 is 0 Å². The van der Waals surface area contributed by atoms with E-state index in [1.807, 2.05) is 38.2 Å². The second-order valence-corrected chi connectivity index (χ2v) is 3.76. The van der Waals surface area contributed by atoms with Crippen LogP contribution in [0.3, 0.4) is 0 Å². The van der Waals surface area contributed by atoms with Crippen LogP contribution >= 0.6 is 0 Å². The van der Waals surface area contributed by atoms with Gasteiger partial charge in [-0.15, -0.1) is 0 Å². The Kier molecular flexibility index (Phi) is 3.62. The first-order valence-corrected chi connectivity index (χ1v) is 5.77. The molecule has 2 N–H and O–H groups in total. The Morgan fingerprint density at radius 1 is 1.33 bits per heavy atom. The predicted octanol–water partition coefficient (Wildman–Crippen LogP) is 2.17. The van der Waals surface area contributed by atoms with E-state index in [1.165, 1.54) is 6.07 Å². The molecular formula is C13H15N3O2. The SMILES string of the molecule is CCc1nc(Oc2ccc(NC)cc2)cc(=O)[nH]1. The summed E-state index contributed by atoms with van der Waals surface area (Å²) in [6.07, 6.45) is 0.658. The Morgan fingerprint density at radius 3 is 2.67 bits per heavy atom. The third-order valence-electron chi connectivity index (χ3n) is 2.47. The van der Waals surface area contributed by atoms with E-state index in [-0.39, 0.29) is 5.56 Å². The minimum absolute atomic E-state index is 0.205. The molecule has 5 nitrogen and oxygen atoms in total. The zero-order valence-electron chi connectivity index (χ0n) is 10.4. The number of benzene rings is 1. The number of H-pyrrole nitrogens is 1. The molecule has 0 amide bonds. The lowest BCUT2D eigenvalue weighted by molar-refractivity contribution is 0.458. The molecule has 94 valence electrons. The number of nitrogens with one attached hydrogen (secondary N) is 2. The number of aromatic amines is 1. The summed E-state index contributed by atoms with van der Waals surface area (Å²) in [5.74, 6) is 1.58. The molecule has 0 atom stereocenters. The first kappa shape index (κ1) is 12.2. The van der Waals surface area contributed by atoms with E-state index in [0.717, 1.165) is 5.69 Å². The molecule has 0 radical (unpaired) electrons. The van der Waals surface area contributed by atoms with Crippen LogP contribution < -0.4 is 15.6 Å². The summed E-state index contributed by atoms with van der Waals surface area (Å²) >= 11 is 0. The fourth-order valence-corrected chi connectivity index (χ4v) is 1.51. The Balaban J connectivity index is 2.22. The maximum absolute atomic E-state index is 11.4. The Bertz CT molecular complexity index is 576. The summed E-state index contributed by atoms with van der Waals surface area (Å²) in [4.78, 5) is 18.2. The van der Waals surface area contributed by atoms with Crippen LogP contribution in [0.1, 0.15) is 12.7 Å². The molecule has 0 aliphatic rings. The average Bonchev–Trinajstić information content (AvgIpc) is 2.39. The van der Waals surface area contributed by atoms with Crippen molar-refractivity contribution in [2.75, 3.05) is 12.4 Å². The van der Waals surface area contributed by atoms with Gasteiger partial charge in [-0.25, -0.2) is 0 Å². The van der Waals surface area contributed by atoms with Crippen molar-refractivity contribution in [1.29, 1.82) is 0 Å². The van der Waals surface area contributed by atoms with Gasteiger partial charge in [0.05, 0.1) is 6.07 Å². The summed E-state index contributed by atoms with van der Waals surface area (Å²) in [6, 6.07) is 8.76.